The molecular weight excluding hydrogens is 332 g/mol. The molecule has 0 saturated heterocycles. The van der Waals surface area contributed by atoms with E-state index < -0.39 is 0 Å². The summed E-state index contributed by atoms with van der Waals surface area (Å²) in [5.74, 6) is 1.95. The van der Waals surface area contributed by atoms with Crippen molar-refractivity contribution in [1.82, 2.24) is 10.6 Å². The maximum absolute atomic E-state index is 11.5. The number of methoxy groups -OCH3 is 1. The Morgan fingerprint density at radius 3 is 2.88 bits per heavy atom. The van der Waals surface area contributed by atoms with Gasteiger partial charge in [0.1, 0.15) is 12.4 Å². The summed E-state index contributed by atoms with van der Waals surface area (Å²) >= 11 is 0. The molecule has 1 aliphatic heterocycles. The largest absolute Gasteiger partial charge is 0.493 e. The zero-order valence-corrected chi connectivity index (χ0v) is 15.1. The number of benzene rings is 2. The fraction of sp³-hybridized carbons (Fsp3) is 0.350. The number of carbonyl (C=O) groups excluding carboxylic acids is 1. The van der Waals surface area contributed by atoms with Crippen LogP contribution in [-0.4, -0.2) is 32.8 Å². The maximum Gasteiger partial charge on any atom is 0.257 e. The summed E-state index contributed by atoms with van der Waals surface area (Å²) in [7, 11) is 1.59. The van der Waals surface area contributed by atoms with Crippen LogP contribution in [0.4, 0.5) is 0 Å². The van der Waals surface area contributed by atoms with E-state index in [-0.39, 0.29) is 18.6 Å². The average molecular weight is 356 g/mol. The van der Waals surface area contributed by atoms with Gasteiger partial charge in [-0.1, -0.05) is 24.3 Å². The molecule has 0 aliphatic carbocycles. The van der Waals surface area contributed by atoms with Crippen molar-refractivity contribution in [2.75, 3.05) is 26.9 Å². The minimum atomic E-state index is -0.153. The van der Waals surface area contributed by atoms with Gasteiger partial charge in [0.2, 0.25) is 0 Å². The summed E-state index contributed by atoms with van der Waals surface area (Å²) < 4.78 is 16.6. The smallest absolute Gasteiger partial charge is 0.257 e. The summed E-state index contributed by atoms with van der Waals surface area (Å²) in [6.07, 6.45) is 0. The first kappa shape index (κ1) is 18.1. The number of nitrogens with one attached hydrogen (secondary N) is 2. The molecule has 1 heterocycles. The molecule has 1 atom stereocenters. The van der Waals surface area contributed by atoms with Crippen LogP contribution in [0.15, 0.2) is 42.5 Å². The standard InChI is InChI=1S/C20H24N2O4/c1-3-21-20(23)13-26-18-9-8-14(10-19(18)24-2)11-22-16-12-25-17-7-5-4-6-15(16)17/h4-10,16,22H,3,11-13H2,1-2H3,(H,21,23)/t16-/m1/s1. The van der Waals surface area contributed by atoms with Crippen LogP contribution in [0.3, 0.4) is 0 Å². The topological polar surface area (TPSA) is 68.8 Å². The molecule has 6 nitrogen and oxygen atoms in total. The number of fused-ring (bicyclic) bond motifs is 1. The Bertz CT molecular complexity index is 763. The predicted octanol–water partition coefficient (Wildman–Crippen LogP) is 2.43. The SMILES string of the molecule is CCNC(=O)COc1ccc(CN[C@@H]2COc3ccccc32)cc1OC. The van der Waals surface area contributed by atoms with E-state index in [4.69, 9.17) is 14.2 Å². The summed E-state index contributed by atoms with van der Waals surface area (Å²) in [6.45, 7) is 3.73. The van der Waals surface area contributed by atoms with E-state index in [1.807, 2.05) is 43.3 Å². The Hall–Kier alpha value is -2.73. The van der Waals surface area contributed by atoms with Crippen molar-refractivity contribution < 1.29 is 19.0 Å². The predicted molar refractivity (Wildman–Crippen MR) is 98.7 cm³/mol. The van der Waals surface area contributed by atoms with E-state index in [1.54, 1.807) is 7.11 Å². The van der Waals surface area contributed by atoms with Gasteiger partial charge in [0.15, 0.2) is 18.1 Å². The van der Waals surface area contributed by atoms with Crippen LogP contribution < -0.4 is 24.8 Å². The third-order valence-electron chi connectivity index (χ3n) is 4.21. The third-order valence-corrected chi connectivity index (χ3v) is 4.21. The zero-order chi connectivity index (χ0) is 18.4. The van der Waals surface area contributed by atoms with Gasteiger partial charge >= 0.3 is 0 Å². The molecule has 0 unspecified atom stereocenters. The summed E-state index contributed by atoms with van der Waals surface area (Å²) in [5, 5.41) is 6.20. The zero-order valence-electron chi connectivity index (χ0n) is 15.1. The van der Waals surface area contributed by atoms with Crippen LogP contribution in [0.1, 0.15) is 24.1 Å². The van der Waals surface area contributed by atoms with E-state index in [0.29, 0.717) is 31.2 Å². The molecule has 0 radical (unpaired) electrons. The van der Waals surface area contributed by atoms with Gasteiger partial charge in [-0.25, -0.2) is 0 Å². The molecule has 0 saturated carbocycles. The van der Waals surface area contributed by atoms with Gasteiger partial charge in [-0.05, 0) is 30.7 Å². The van der Waals surface area contributed by atoms with Gasteiger partial charge < -0.3 is 24.8 Å². The highest BCUT2D eigenvalue weighted by molar-refractivity contribution is 5.77. The van der Waals surface area contributed by atoms with Crippen molar-refractivity contribution >= 4 is 5.91 Å². The van der Waals surface area contributed by atoms with Gasteiger partial charge in [-0.3, -0.25) is 4.79 Å². The van der Waals surface area contributed by atoms with Gasteiger partial charge in [0, 0.05) is 18.7 Å². The summed E-state index contributed by atoms with van der Waals surface area (Å²) in [6, 6.07) is 13.9. The van der Waals surface area contributed by atoms with E-state index in [2.05, 4.69) is 16.7 Å². The summed E-state index contributed by atoms with van der Waals surface area (Å²) in [4.78, 5) is 11.5. The van der Waals surface area contributed by atoms with E-state index >= 15 is 0 Å². The highest BCUT2D eigenvalue weighted by Crippen LogP contribution is 2.32. The molecule has 2 aromatic rings. The first-order chi connectivity index (χ1) is 12.7. The van der Waals surface area contributed by atoms with Crippen LogP contribution in [0.25, 0.3) is 0 Å². The Morgan fingerprint density at radius 2 is 2.08 bits per heavy atom. The number of hydrogen-bond donors (Lipinski definition) is 2. The average Bonchev–Trinajstić information content (AvgIpc) is 3.08. The Balaban J connectivity index is 1.60. The van der Waals surface area contributed by atoms with Crippen LogP contribution >= 0.6 is 0 Å². The van der Waals surface area contributed by atoms with Gasteiger partial charge in [0.25, 0.3) is 5.91 Å². The molecule has 0 fully saturated rings. The second-order valence-corrected chi connectivity index (χ2v) is 6.01. The van der Waals surface area contributed by atoms with E-state index in [1.165, 1.54) is 5.56 Å². The van der Waals surface area contributed by atoms with E-state index in [9.17, 15) is 4.79 Å². The summed E-state index contributed by atoms with van der Waals surface area (Å²) in [5.41, 5.74) is 2.25. The van der Waals surface area contributed by atoms with Crippen molar-refractivity contribution in [3.8, 4) is 17.2 Å². The van der Waals surface area contributed by atoms with Crippen molar-refractivity contribution in [1.29, 1.82) is 0 Å². The Kier molecular flexibility index (Phi) is 5.96. The number of likely N-dealkylation sites (N-methyl/N-ethyl adjacent to an activating group) is 1. The molecule has 0 bridgehead atoms. The molecule has 2 aromatic carbocycles. The van der Waals surface area contributed by atoms with E-state index in [0.717, 1.165) is 11.3 Å². The molecule has 1 aliphatic rings. The lowest BCUT2D eigenvalue weighted by Gasteiger charge is -2.14. The lowest BCUT2D eigenvalue weighted by molar-refractivity contribution is -0.123. The number of ether oxygens (including phenoxy) is 3. The monoisotopic (exact) mass is 356 g/mol. The number of amides is 1. The molecule has 3 rings (SSSR count). The molecule has 0 spiro atoms. The normalized spacial score (nSPS) is 15.1. The van der Waals surface area contributed by atoms with Crippen LogP contribution in [0, 0.1) is 0 Å². The highest BCUT2D eigenvalue weighted by atomic mass is 16.5. The second-order valence-electron chi connectivity index (χ2n) is 6.01. The van der Waals surface area contributed by atoms with Crippen LogP contribution in [-0.2, 0) is 11.3 Å². The van der Waals surface area contributed by atoms with Gasteiger partial charge in [-0.2, -0.15) is 0 Å². The number of para-hydroxylation sites is 1. The lowest BCUT2D eigenvalue weighted by atomic mass is 10.1. The molecule has 0 aromatic heterocycles. The highest BCUT2D eigenvalue weighted by Gasteiger charge is 2.22. The number of carbonyl (C=O) groups is 1. The van der Waals surface area contributed by atoms with Crippen molar-refractivity contribution in [3.63, 3.8) is 0 Å². The van der Waals surface area contributed by atoms with Gasteiger partial charge in [0.05, 0.1) is 13.2 Å². The third kappa shape index (κ3) is 4.26. The van der Waals surface area contributed by atoms with Crippen molar-refractivity contribution in [3.05, 3.63) is 53.6 Å². The molecule has 26 heavy (non-hydrogen) atoms. The maximum atomic E-state index is 11.5. The molecule has 1 amide bonds. The lowest BCUT2D eigenvalue weighted by Crippen LogP contribution is -2.28. The second kappa shape index (κ2) is 8.58. The quantitative estimate of drug-likeness (QED) is 0.760. The van der Waals surface area contributed by atoms with Crippen LogP contribution in [0.2, 0.25) is 0 Å². The fourth-order valence-corrected chi connectivity index (χ4v) is 2.91. The number of rotatable bonds is 8. The molecular formula is C20H24N2O4. The fourth-order valence-electron chi connectivity index (χ4n) is 2.91. The molecule has 6 heteroatoms. The minimum absolute atomic E-state index is 0.0298. The van der Waals surface area contributed by atoms with Crippen molar-refractivity contribution in [2.45, 2.75) is 19.5 Å². The number of hydrogen-bond acceptors (Lipinski definition) is 5. The van der Waals surface area contributed by atoms with Gasteiger partial charge in [-0.15, -0.1) is 0 Å². The first-order valence-corrected chi connectivity index (χ1v) is 8.72. The van der Waals surface area contributed by atoms with Crippen molar-refractivity contribution in [2.24, 2.45) is 0 Å². The first-order valence-electron chi connectivity index (χ1n) is 8.72. The molecule has 138 valence electrons. The Morgan fingerprint density at radius 1 is 1.23 bits per heavy atom. The molecule has 2 N–H and O–H groups in total. The Labute approximate surface area is 153 Å². The van der Waals surface area contributed by atoms with Crippen LogP contribution in [0.5, 0.6) is 17.2 Å². The minimum Gasteiger partial charge on any atom is -0.493 e.